The molecule has 0 saturated heterocycles. The van der Waals surface area contributed by atoms with Crippen molar-refractivity contribution in [3.05, 3.63) is 70.8 Å². The summed E-state index contributed by atoms with van der Waals surface area (Å²) in [5, 5.41) is 2.35. The summed E-state index contributed by atoms with van der Waals surface area (Å²) in [5.41, 5.74) is 1.89. The van der Waals surface area contributed by atoms with Crippen molar-refractivity contribution in [2.24, 2.45) is 0 Å². The molecule has 0 radical (unpaired) electrons. The second-order valence-corrected chi connectivity index (χ2v) is 5.73. The third-order valence-electron chi connectivity index (χ3n) is 3.85. The van der Waals surface area contributed by atoms with Gasteiger partial charge >= 0.3 is 0 Å². The Bertz CT molecular complexity index is 761. The molecule has 1 N–H and O–H groups in total. The van der Waals surface area contributed by atoms with Crippen LogP contribution < -0.4 is 5.32 Å². The first-order chi connectivity index (χ1) is 11.9. The molecule has 0 aliphatic carbocycles. The van der Waals surface area contributed by atoms with E-state index in [1.165, 1.54) is 10.5 Å². The van der Waals surface area contributed by atoms with Gasteiger partial charge in [0.25, 0.3) is 5.91 Å². The quantitative estimate of drug-likeness (QED) is 0.874. The van der Waals surface area contributed by atoms with E-state index < -0.39 is 17.5 Å². The van der Waals surface area contributed by atoms with Gasteiger partial charge in [-0.25, -0.2) is 8.78 Å². The number of nitrogens with zero attached hydrogens (tertiary/aromatic N) is 1. The maximum absolute atomic E-state index is 13.5. The van der Waals surface area contributed by atoms with Crippen molar-refractivity contribution in [2.45, 2.75) is 19.9 Å². The Balaban J connectivity index is 1.88. The third kappa shape index (κ3) is 5.11. The fraction of sp³-hybridized carbons (Fsp3) is 0.263. The second-order valence-electron chi connectivity index (χ2n) is 5.73. The van der Waals surface area contributed by atoms with E-state index in [1.54, 1.807) is 7.05 Å². The topological polar surface area (TPSA) is 49.4 Å². The van der Waals surface area contributed by atoms with E-state index >= 15 is 0 Å². The number of hydrogen-bond acceptors (Lipinski definition) is 2. The fourth-order valence-corrected chi connectivity index (χ4v) is 2.30. The van der Waals surface area contributed by atoms with E-state index in [-0.39, 0.29) is 18.0 Å². The standard InChI is InChI=1S/C19H20F2N2O2/c1-3-13-4-6-14(7-5-13)12-23(2)18(24)11-22-19(25)16-9-8-15(20)10-17(16)21/h4-10H,3,11-12H2,1-2H3,(H,22,25). The smallest absolute Gasteiger partial charge is 0.254 e. The summed E-state index contributed by atoms with van der Waals surface area (Å²) in [4.78, 5) is 25.5. The van der Waals surface area contributed by atoms with Crippen LogP contribution in [0, 0.1) is 11.6 Å². The summed E-state index contributed by atoms with van der Waals surface area (Å²) in [7, 11) is 1.63. The first-order valence-electron chi connectivity index (χ1n) is 7.95. The number of halogens is 2. The van der Waals surface area contributed by atoms with Crippen LogP contribution in [0.2, 0.25) is 0 Å². The highest BCUT2D eigenvalue weighted by atomic mass is 19.1. The van der Waals surface area contributed by atoms with Gasteiger partial charge in [-0.1, -0.05) is 31.2 Å². The van der Waals surface area contributed by atoms with Crippen LogP contribution >= 0.6 is 0 Å². The van der Waals surface area contributed by atoms with Crippen LogP contribution in [-0.2, 0) is 17.8 Å². The van der Waals surface area contributed by atoms with Crippen molar-refractivity contribution >= 4 is 11.8 Å². The summed E-state index contributed by atoms with van der Waals surface area (Å²) in [6.07, 6.45) is 0.945. The van der Waals surface area contributed by atoms with Gasteiger partial charge in [-0.3, -0.25) is 9.59 Å². The lowest BCUT2D eigenvalue weighted by Crippen LogP contribution is -2.38. The third-order valence-corrected chi connectivity index (χ3v) is 3.85. The number of rotatable bonds is 6. The number of benzene rings is 2. The van der Waals surface area contributed by atoms with Crippen molar-refractivity contribution in [3.8, 4) is 0 Å². The van der Waals surface area contributed by atoms with Crippen LogP contribution in [0.15, 0.2) is 42.5 Å². The van der Waals surface area contributed by atoms with Crippen molar-refractivity contribution in [1.82, 2.24) is 10.2 Å². The summed E-state index contributed by atoms with van der Waals surface area (Å²) in [6, 6.07) is 10.6. The first-order valence-corrected chi connectivity index (χ1v) is 7.95. The van der Waals surface area contributed by atoms with Crippen LogP contribution in [0.4, 0.5) is 8.78 Å². The molecule has 0 aliphatic heterocycles. The Morgan fingerprint density at radius 3 is 2.28 bits per heavy atom. The van der Waals surface area contributed by atoms with Crippen LogP contribution in [0.25, 0.3) is 0 Å². The van der Waals surface area contributed by atoms with Crippen molar-refractivity contribution in [3.63, 3.8) is 0 Å². The molecule has 0 unspecified atom stereocenters. The molecule has 0 saturated carbocycles. The molecule has 2 aromatic carbocycles. The molecule has 25 heavy (non-hydrogen) atoms. The number of carbonyl (C=O) groups excluding carboxylic acids is 2. The summed E-state index contributed by atoms with van der Waals surface area (Å²) < 4.78 is 26.4. The first kappa shape index (κ1) is 18.6. The molecule has 0 spiro atoms. The van der Waals surface area contributed by atoms with E-state index in [1.807, 2.05) is 24.3 Å². The zero-order valence-corrected chi connectivity index (χ0v) is 14.2. The van der Waals surface area contributed by atoms with Gasteiger partial charge in [0.1, 0.15) is 11.6 Å². The predicted octanol–water partition coefficient (Wildman–Crippen LogP) is 2.92. The average molecular weight is 346 g/mol. The molecule has 0 aliphatic rings. The van der Waals surface area contributed by atoms with Gasteiger partial charge in [-0.05, 0) is 29.7 Å². The van der Waals surface area contributed by atoms with Crippen LogP contribution in [-0.4, -0.2) is 30.3 Å². The second kappa shape index (κ2) is 8.37. The highest BCUT2D eigenvalue weighted by molar-refractivity contribution is 5.96. The molecular formula is C19H20F2N2O2. The molecule has 132 valence electrons. The normalized spacial score (nSPS) is 10.4. The molecular weight excluding hydrogens is 326 g/mol. The molecule has 0 bridgehead atoms. The number of likely N-dealkylation sites (N-methyl/N-ethyl adjacent to an activating group) is 1. The Hall–Kier alpha value is -2.76. The Morgan fingerprint density at radius 2 is 1.68 bits per heavy atom. The minimum Gasteiger partial charge on any atom is -0.343 e. The molecule has 4 nitrogen and oxygen atoms in total. The lowest BCUT2D eigenvalue weighted by Gasteiger charge is -2.18. The maximum Gasteiger partial charge on any atom is 0.254 e. The highest BCUT2D eigenvalue weighted by Crippen LogP contribution is 2.10. The average Bonchev–Trinajstić information content (AvgIpc) is 2.60. The van der Waals surface area contributed by atoms with E-state index in [0.717, 1.165) is 24.1 Å². The zero-order valence-electron chi connectivity index (χ0n) is 14.2. The Morgan fingerprint density at radius 1 is 1.04 bits per heavy atom. The molecule has 2 amide bonds. The van der Waals surface area contributed by atoms with Gasteiger partial charge in [-0.15, -0.1) is 0 Å². The van der Waals surface area contributed by atoms with Crippen LogP contribution in [0.3, 0.4) is 0 Å². The number of hydrogen-bond donors (Lipinski definition) is 1. The summed E-state index contributed by atoms with van der Waals surface area (Å²) in [5.74, 6) is -2.80. The van der Waals surface area contributed by atoms with Crippen LogP contribution in [0.1, 0.15) is 28.4 Å². The van der Waals surface area contributed by atoms with Crippen molar-refractivity contribution in [2.75, 3.05) is 13.6 Å². The Labute approximate surface area is 145 Å². The molecule has 2 rings (SSSR count). The highest BCUT2D eigenvalue weighted by Gasteiger charge is 2.15. The Kier molecular flexibility index (Phi) is 6.22. The summed E-state index contributed by atoms with van der Waals surface area (Å²) >= 11 is 0. The lowest BCUT2D eigenvalue weighted by atomic mass is 10.1. The fourth-order valence-electron chi connectivity index (χ4n) is 2.30. The van der Waals surface area contributed by atoms with Crippen molar-refractivity contribution < 1.29 is 18.4 Å². The van der Waals surface area contributed by atoms with E-state index in [0.29, 0.717) is 12.6 Å². The monoisotopic (exact) mass is 346 g/mol. The largest absolute Gasteiger partial charge is 0.343 e. The van der Waals surface area contributed by atoms with Gasteiger partial charge in [0.05, 0.1) is 12.1 Å². The SMILES string of the molecule is CCc1ccc(CN(C)C(=O)CNC(=O)c2ccc(F)cc2F)cc1. The van der Waals surface area contributed by atoms with E-state index in [4.69, 9.17) is 0 Å². The molecule has 2 aromatic rings. The number of amides is 2. The number of nitrogens with one attached hydrogen (secondary N) is 1. The number of carbonyl (C=O) groups is 2. The van der Waals surface area contributed by atoms with Gasteiger partial charge in [0.2, 0.25) is 5.91 Å². The van der Waals surface area contributed by atoms with Gasteiger partial charge in [-0.2, -0.15) is 0 Å². The minimum absolute atomic E-state index is 0.265. The summed E-state index contributed by atoms with van der Waals surface area (Å²) in [6.45, 7) is 2.21. The maximum atomic E-state index is 13.5. The lowest BCUT2D eigenvalue weighted by molar-refractivity contribution is -0.129. The molecule has 0 heterocycles. The molecule has 6 heteroatoms. The van der Waals surface area contributed by atoms with E-state index in [2.05, 4.69) is 12.2 Å². The van der Waals surface area contributed by atoms with E-state index in [9.17, 15) is 18.4 Å². The molecule has 0 aromatic heterocycles. The molecule has 0 fully saturated rings. The molecule has 0 atom stereocenters. The van der Waals surface area contributed by atoms with Gasteiger partial charge in [0.15, 0.2) is 0 Å². The van der Waals surface area contributed by atoms with Crippen LogP contribution in [0.5, 0.6) is 0 Å². The number of aryl methyl sites for hydroxylation is 1. The van der Waals surface area contributed by atoms with Gasteiger partial charge < -0.3 is 10.2 Å². The minimum atomic E-state index is -0.964. The predicted molar refractivity (Wildman–Crippen MR) is 91.0 cm³/mol. The van der Waals surface area contributed by atoms with Crippen molar-refractivity contribution in [1.29, 1.82) is 0 Å². The zero-order chi connectivity index (χ0) is 18.4. The van der Waals surface area contributed by atoms with Gasteiger partial charge in [0, 0.05) is 19.7 Å².